The molecule has 34 heavy (non-hydrogen) atoms. The first-order valence-corrected chi connectivity index (χ1v) is 12.2. The third-order valence-electron chi connectivity index (χ3n) is 8.45. The van der Waals surface area contributed by atoms with Crippen molar-refractivity contribution in [3.05, 3.63) is 65.8 Å². The van der Waals surface area contributed by atoms with Gasteiger partial charge in [-0.3, -0.25) is 4.79 Å². The van der Waals surface area contributed by atoms with Gasteiger partial charge in [0, 0.05) is 12.5 Å². The highest BCUT2D eigenvalue weighted by Crippen LogP contribution is 2.62. The first-order valence-electron chi connectivity index (χ1n) is 12.2. The van der Waals surface area contributed by atoms with Gasteiger partial charge in [-0.25, -0.2) is 4.79 Å². The van der Waals surface area contributed by atoms with E-state index in [1.54, 1.807) is 13.0 Å². The Morgan fingerprint density at radius 2 is 1.88 bits per heavy atom. The summed E-state index contributed by atoms with van der Waals surface area (Å²) in [7, 11) is 0. The number of rotatable bonds is 3. The summed E-state index contributed by atoms with van der Waals surface area (Å²) in [5.74, 6) is -1.67. The van der Waals surface area contributed by atoms with Crippen molar-refractivity contribution in [2.24, 2.45) is 29.1 Å². The fourth-order valence-electron chi connectivity index (χ4n) is 6.24. The lowest BCUT2D eigenvalue weighted by molar-refractivity contribution is -0.172. The van der Waals surface area contributed by atoms with Crippen LogP contribution in [0, 0.1) is 29.1 Å². The average Bonchev–Trinajstić information content (AvgIpc) is 3.21. The van der Waals surface area contributed by atoms with E-state index in [1.807, 2.05) is 43.3 Å². The monoisotopic (exact) mass is 464 g/mol. The van der Waals surface area contributed by atoms with Crippen LogP contribution >= 0.6 is 0 Å². The maximum atomic E-state index is 14.0. The molecule has 3 aliphatic rings. The van der Waals surface area contributed by atoms with Crippen LogP contribution in [-0.2, 0) is 14.3 Å². The molecule has 5 nitrogen and oxygen atoms in total. The Bertz CT molecular complexity index is 1040. The van der Waals surface area contributed by atoms with Crippen LogP contribution in [0.25, 0.3) is 6.08 Å². The lowest BCUT2D eigenvalue weighted by atomic mass is 9.77. The molecule has 5 heteroatoms. The smallest absolute Gasteiger partial charge is 0.331 e. The molecule has 0 aromatic heterocycles. The van der Waals surface area contributed by atoms with Crippen molar-refractivity contribution in [3.63, 3.8) is 0 Å². The molecule has 3 aliphatic carbocycles. The zero-order valence-electron chi connectivity index (χ0n) is 20.5. The lowest BCUT2D eigenvalue weighted by Crippen LogP contribution is -2.53. The largest absolute Gasteiger partial charge is 0.447 e. The number of Topliss-reactive ketones (excluding diaryl/α,β-unsaturated/α-hetero) is 1. The van der Waals surface area contributed by atoms with E-state index in [0.29, 0.717) is 23.5 Å². The van der Waals surface area contributed by atoms with Crippen LogP contribution in [0.1, 0.15) is 52.5 Å². The topological polar surface area (TPSA) is 83.8 Å². The second-order valence-electron chi connectivity index (χ2n) is 11.0. The summed E-state index contributed by atoms with van der Waals surface area (Å²) in [4.78, 5) is 27.0. The molecule has 0 spiro atoms. The maximum Gasteiger partial charge on any atom is 0.331 e. The lowest BCUT2D eigenvalue weighted by Gasteiger charge is -2.37. The van der Waals surface area contributed by atoms with E-state index in [1.165, 1.54) is 6.08 Å². The van der Waals surface area contributed by atoms with E-state index in [9.17, 15) is 19.8 Å². The molecule has 2 fully saturated rings. The molecule has 0 unspecified atom stereocenters. The van der Waals surface area contributed by atoms with Gasteiger partial charge in [0.05, 0.1) is 18.1 Å². The molecule has 182 valence electrons. The predicted octanol–water partition coefficient (Wildman–Crippen LogP) is 4.50. The van der Waals surface area contributed by atoms with Crippen LogP contribution in [0.3, 0.4) is 0 Å². The zero-order chi connectivity index (χ0) is 24.8. The van der Waals surface area contributed by atoms with Crippen molar-refractivity contribution in [1.29, 1.82) is 0 Å². The van der Waals surface area contributed by atoms with Crippen molar-refractivity contribution in [1.82, 2.24) is 0 Å². The molecule has 0 saturated heterocycles. The quantitative estimate of drug-likeness (QED) is 0.391. The molecular weight excluding hydrogens is 428 g/mol. The van der Waals surface area contributed by atoms with Gasteiger partial charge in [0.1, 0.15) is 0 Å². The zero-order valence-corrected chi connectivity index (χ0v) is 20.5. The van der Waals surface area contributed by atoms with Gasteiger partial charge in [-0.15, -0.1) is 0 Å². The number of carbonyl (C=O) groups is 2. The van der Waals surface area contributed by atoms with Gasteiger partial charge in [0.2, 0.25) is 5.78 Å². The third kappa shape index (κ3) is 4.20. The van der Waals surface area contributed by atoms with Crippen LogP contribution in [-0.4, -0.2) is 39.8 Å². The summed E-state index contributed by atoms with van der Waals surface area (Å²) >= 11 is 0. The number of aliphatic hydroxyl groups excluding tert-OH is 2. The number of hydrogen-bond donors (Lipinski definition) is 2. The van der Waals surface area contributed by atoms with Gasteiger partial charge in [-0.1, -0.05) is 63.8 Å². The summed E-state index contributed by atoms with van der Waals surface area (Å²) in [5.41, 5.74) is 0.335. The minimum atomic E-state index is -1.65. The molecule has 0 aliphatic heterocycles. The Morgan fingerprint density at radius 3 is 2.56 bits per heavy atom. The minimum absolute atomic E-state index is 0.0656. The second-order valence-corrected chi connectivity index (χ2v) is 11.0. The van der Waals surface area contributed by atoms with Gasteiger partial charge >= 0.3 is 5.97 Å². The fourth-order valence-corrected chi connectivity index (χ4v) is 6.24. The molecular formula is C29H36O5. The SMILES string of the molecule is C=C1CC[C@H]2[C@@H](/C=C(\C)C(=O)[C@@]3(OC(=O)/C=C/c4ccccc4)C[C@H](C)[C@H](O)[C@@H]3[C@H]1O)C2(C)C. The fraction of sp³-hybridized carbons (Fsp3) is 0.517. The molecule has 0 radical (unpaired) electrons. The van der Waals surface area contributed by atoms with Crippen LogP contribution in [0.15, 0.2) is 60.2 Å². The number of benzene rings is 1. The van der Waals surface area contributed by atoms with Crippen LogP contribution in [0.4, 0.5) is 0 Å². The van der Waals surface area contributed by atoms with E-state index in [2.05, 4.69) is 20.4 Å². The maximum absolute atomic E-state index is 14.0. The Balaban J connectivity index is 1.74. The molecule has 4 rings (SSSR count). The molecule has 2 N–H and O–H groups in total. The van der Waals surface area contributed by atoms with Gasteiger partial charge in [0.25, 0.3) is 0 Å². The van der Waals surface area contributed by atoms with E-state index in [-0.39, 0.29) is 29.5 Å². The Morgan fingerprint density at radius 1 is 1.21 bits per heavy atom. The van der Waals surface area contributed by atoms with Crippen LogP contribution in [0.5, 0.6) is 0 Å². The summed E-state index contributed by atoms with van der Waals surface area (Å²) in [5, 5.41) is 22.4. The number of hydrogen-bond acceptors (Lipinski definition) is 5. The molecule has 2 saturated carbocycles. The molecule has 0 amide bonds. The number of esters is 1. The Hall–Kier alpha value is -2.50. The van der Waals surface area contributed by atoms with Gasteiger partial charge < -0.3 is 14.9 Å². The minimum Gasteiger partial charge on any atom is -0.447 e. The molecule has 1 aromatic carbocycles. The third-order valence-corrected chi connectivity index (χ3v) is 8.45. The molecule has 1 aromatic rings. The first kappa shape index (κ1) is 24.6. The van der Waals surface area contributed by atoms with Crippen molar-refractivity contribution in [2.45, 2.75) is 64.8 Å². The molecule has 0 bridgehead atoms. The van der Waals surface area contributed by atoms with Crippen LogP contribution < -0.4 is 0 Å². The van der Waals surface area contributed by atoms with Crippen molar-refractivity contribution < 1.29 is 24.5 Å². The van der Waals surface area contributed by atoms with E-state index in [0.717, 1.165) is 12.0 Å². The highest BCUT2D eigenvalue weighted by atomic mass is 16.6. The Kier molecular flexibility index (Phi) is 6.47. The number of allylic oxidation sites excluding steroid dienone is 1. The van der Waals surface area contributed by atoms with E-state index in [4.69, 9.17) is 4.74 Å². The Labute approximate surface area is 202 Å². The van der Waals surface area contributed by atoms with E-state index < -0.39 is 29.7 Å². The van der Waals surface area contributed by atoms with Crippen LogP contribution in [0.2, 0.25) is 0 Å². The highest BCUT2D eigenvalue weighted by Gasteiger charge is 2.63. The summed E-state index contributed by atoms with van der Waals surface area (Å²) in [6, 6.07) is 9.34. The van der Waals surface area contributed by atoms with Crippen molar-refractivity contribution in [3.8, 4) is 0 Å². The van der Waals surface area contributed by atoms with Gasteiger partial charge in [0.15, 0.2) is 5.60 Å². The molecule has 0 heterocycles. The highest BCUT2D eigenvalue weighted by molar-refractivity contribution is 6.04. The van der Waals surface area contributed by atoms with E-state index >= 15 is 0 Å². The predicted molar refractivity (Wildman–Crippen MR) is 131 cm³/mol. The second kappa shape index (κ2) is 8.94. The normalized spacial score (nSPS) is 38.9. The summed E-state index contributed by atoms with van der Waals surface area (Å²) < 4.78 is 5.96. The number of aliphatic hydroxyl groups is 2. The van der Waals surface area contributed by atoms with Crippen molar-refractivity contribution >= 4 is 17.8 Å². The molecule has 7 atom stereocenters. The van der Waals surface area contributed by atoms with Gasteiger partial charge in [-0.2, -0.15) is 0 Å². The summed E-state index contributed by atoms with van der Waals surface area (Å²) in [6.07, 6.45) is 4.40. The standard InChI is InChI=1S/C29H36O5/c1-17-11-13-21-22(28(21,4)5)15-18(2)27(33)29(16-19(3)26(32)24(29)25(17)31)34-23(30)14-12-20-9-7-6-8-10-20/h6-10,12,14-15,19,21-22,24-26,31-32H,1,11,13,16H2,2-5H3/b14-12+,18-15+/t19-,21-,22+,24-,25-,26-,29+/m0/s1. The first-order chi connectivity index (χ1) is 16.0. The van der Waals surface area contributed by atoms with Crippen molar-refractivity contribution in [2.75, 3.05) is 0 Å². The number of ether oxygens (including phenoxy) is 1. The summed E-state index contributed by atoms with van der Waals surface area (Å²) in [6.45, 7) is 12.1. The number of fused-ring (bicyclic) bond motifs is 2. The number of carbonyl (C=O) groups excluding carboxylic acids is 2. The average molecular weight is 465 g/mol. The number of ketones is 1. The van der Waals surface area contributed by atoms with Gasteiger partial charge in [-0.05, 0) is 65.7 Å².